The van der Waals surface area contributed by atoms with Crippen molar-refractivity contribution in [2.75, 3.05) is 11.9 Å². The number of fused-ring (bicyclic) bond motifs is 1. The molecule has 6 nitrogen and oxygen atoms in total. The van der Waals surface area contributed by atoms with Crippen LogP contribution in [-0.2, 0) is 16.4 Å². The van der Waals surface area contributed by atoms with Crippen molar-refractivity contribution in [1.82, 2.24) is 14.7 Å². The summed E-state index contributed by atoms with van der Waals surface area (Å²) >= 11 is 0. The lowest BCUT2D eigenvalue weighted by atomic mass is 10.1. The Hall–Kier alpha value is -2.51. The summed E-state index contributed by atoms with van der Waals surface area (Å²) in [5.74, 6) is 0.781. The molecule has 152 valence electrons. The molecule has 0 amide bonds. The minimum Gasteiger partial charge on any atom is -0.368 e. The molecule has 0 saturated heterocycles. The molecule has 2 aromatic carbocycles. The normalized spacial score (nSPS) is 15.1. The summed E-state index contributed by atoms with van der Waals surface area (Å²) in [6, 6.07) is 15.0. The average molecular weight is 411 g/mol. The van der Waals surface area contributed by atoms with E-state index in [0.717, 1.165) is 60.2 Å². The van der Waals surface area contributed by atoms with E-state index in [2.05, 4.69) is 20.0 Å². The molecule has 3 aromatic rings. The Labute approximate surface area is 171 Å². The Morgan fingerprint density at radius 3 is 2.31 bits per heavy atom. The van der Waals surface area contributed by atoms with Crippen molar-refractivity contribution in [1.29, 1.82) is 0 Å². The number of sulfonamides is 1. The van der Waals surface area contributed by atoms with Crippen LogP contribution in [0.1, 0.15) is 36.9 Å². The van der Waals surface area contributed by atoms with Crippen molar-refractivity contribution >= 4 is 26.9 Å². The van der Waals surface area contributed by atoms with Gasteiger partial charge < -0.3 is 5.32 Å². The molecule has 0 unspecified atom stereocenters. The molecular weight excluding hydrogens is 384 g/mol. The topological polar surface area (TPSA) is 84.0 Å². The van der Waals surface area contributed by atoms with E-state index < -0.39 is 10.0 Å². The first kappa shape index (κ1) is 19.8. The highest BCUT2D eigenvalue weighted by Gasteiger charge is 2.22. The van der Waals surface area contributed by atoms with E-state index in [1.807, 2.05) is 43.3 Å². The molecule has 1 aliphatic rings. The van der Waals surface area contributed by atoms with Gasteiger partial charge in [-0.1, -0.05) is 37.1 Å². The van der Waals surface area contributed by atoms with Gasteiger partial charge in [0, 0.05) is 12.6 Å². The first-order chi connectivity index (χ1) is 14.0. The van der Waals surface area contributed by atoms with E-state index in [9.17, 15) is 8.42 Å². The number of nitrogens with one attached hydrogen (secondary N) is 2. The zero-order valence-corrected chi connectivity index (χ0v) is 17.4. The maximum absolute atomic E-state index is 12.5. The summed E-state index contributed by atoms with van der Waals surface area (Å²) in [5, 5.41) is 3.34. The molecule has 0 radical (unpaired) electrons. The molecule has 1 saturated carbocycles. The van der Waals surface area contributed by atoms with Crippen LogP contribution in [0, 0.1) is 6.92 Å². The van der Waals surface area contributed by atoms with Gasteiger partial charge in [-0.3, -0.25) is 0 Å². The van der Waals surface area contributed by atoms with Gasteiger partial charge in [0.1, 0.15) is 5.82 Å². The van der Waals surface area contributed by atoms with E-state index in [-0.39, 0.29) is 6.04 Å². The largest absolute Gasteiger partial charge is 0.368 e. The number of para-hydroxylation sites is 2. The second-order valence-electron chi connectivity index (χ2n) is 7.57. The van der Waals surface area contributed by atoms with E-state index in [4.69, 9.17) is 0 Å². The maximum atomic E-state index is 12.5. The van der Waals surface area contributed by atoms with Gasteiger partial charge >= 0.3 is 0 Å². The Morgan fingerprint density at radius 1 is 0.966 bits per heavy atom. The molecule has 0 atom stereocenters. The Kier molecular flexibility index (Phi) is 5.78. The highest BCUT2D eigenvalue weighted by Crippen LogP contribution is 2.21. The minimum atomic E-state index is -3.43. The Morgan fingerprint density at radius 2 is 1.62 bits per heavy atom. The number of anilines is 1. The first-order valence-electron chi connectivity index (χ1n) is 10.1. The van der Waals surface area contributed by atoms with Crippen molar-refractivity contribution in [2.24, 2.45) is 0 Å². The lowest BCUT2D eigenvalue weighted by Crippen LogP contribution is -2.32. The van der Waals surface area contributed by atoms with Crippen LogP contribution in [0.4, 0.5) is 5.82 Å². The lowest BCUT2D eigenvalue weighted by Gasteiger charge is -2.13. The molecule has 29 heavy (non-hydrogen) atoms. The third-order valence-electron chi connectivity index (χ3n) is 5.36. The van der Waals surface area contributed by atoms with Gasteiger partial charge in [-0.2, -0.15) is 0 Å². The fraction of sp³-hybridized carbons (Fsp3) is 0.364. The highest BCUT2D eigenvalue weighted by atomic mass is 32.2. The molecule has 1 aromatic heterocycles. The molecule has 1 fully saturated rings. The molecule has 0 bridgehead atoms. The van der Waals surface area contributed by atoms with E-state index in [0.29, 0.717) is 11.4 Å². The van der Waals surface area contributed by atoms with Crippen molar-refractivity contribution in [2.45, 2.75) is 50.0 Å². The van der Waals surface area contributed by atoms with Gasteiger partial charge in [-0.15, -0.1) is 0 Å². The molecule has 1 heterocycles. The van der Waals surface area contributed by atoms with Crippen molar-refractivity contribution in [3.8, 4) is 0 Å². The number of rotatable bonds is 7. The van der Waals surface area contributed by atoms with E-state index in [1.165, 1.54) is 0 Å². The van der Waals surface area contributed by atoms with Gasteiger partial charge in [0.25, 0.3) is 0 Å². The predicted molar refractivity (Wildman–Crippen MR) is 115 cm³/mol. The zero-order chi connectivity index (χ0) is 20.3. The molecule has 7 heteroatoms. The monoisotopic (exact) mass is 410 g/mol. The van der Waals surface area contributed by atoms with Crippen LogP contribution < -0.4 is 10.0 Å². The number of hydrogen-bond donors (Lipinski definition) is 2. The second kappa shape index (κ2) is 8.47. The van der Waals surface area contributed by atoms with Crippen LogP contribution in [0.5, 0.6) is 0 Å². The van der Waals surface area contributed by atoms with Crippen LogP contribution in [0.3, 0.4) is 0 Å². The number of hydrogen-bond acceptors (Lipinski definition) is 5. The Balaban J connectivity index is 1.36. The number of aryl methyl sites for hydroxylation is 1. The zero-order valence-electron chi connectivity index (χ0n) is 16.6. The van der Waals surface area contributed by atoms with E-state index >= 15 is 0 Å². The Bertz CT molecular complexity index is 1090. The highest BCUT2D eigenvalue weighted by molar-refractivity contribution is 7.89. The van der Waals surface area contributed by atoms with E-state index in [1.54, 1.807) is 12.1 Å². The van der Waals surface area contributed by atoms with Crippen LogP contribution in [0.2, 0.25) is 0 Å². The fourth-order valence-corrected chi connectivity index (χ4v) is 5.05. The van der Waals surface area contributed by atoms with Gasteiger partial charge in [-0.25, -0.2) is 23.1 Å². The summed E-state index contributed by atoms with van der Waals surface area (Å²) in [6.45, 7) is 2.64. The smallest absolute Gasteiger partial charge is 0.240 e. The summed E-state index contributed by atoms with van der Waals surface area (Å²) in [7, 11) is -3.43. The summed E-state index contributed by atoms with van der Waals surface area (Å²) in [4.78, 5) is 9.55. The first-order valence-corrected chi connectivity index (χ1v) is 11.6. The van der Waals surface area contributed by atoms with Crippen molar-refractivity contribution in [3.63, 3.8) is 0 Å². The van der Waals surface area contributed by atoms with Crippen molar-refractivity contribution < 1.29 is 8.42 Å². The maximum Gasteiger partial charge on any atom is 0.240 e. The second-order valence-corrected chi connectivity index (χ2v) is 9.28. The minimum absolute atomic E-state index is 0.0789. The predicted octanol–water partition coefficient (Wildman–Crippen LogP) is 3.81. The third-order valence-corrected chi connectivity index (χ3v) is 6.90. The van der Waals surface area contributed by atoms with Crippen LogP contribution in [0.15, 0.2) is 53.4 Å². The van der Waals surface area contributed by atoms with Gasteiger partial charge in [0.2, 0.25) is 10.0 Å². The van der Waals surface area contributed by atoms with Gasteiger partial charge in [0.05, 0.1) is 21.6 Å². The van der Waals surface area contributed by atoms with Crippen LogP contribution in [0.25, 0.3) is 11.0 Å². The molecule has 2 N–H and O–H groups in total. The van der Waals surface area contributed by atoms with Crippen molar-refractivity contribution in [3.05, 3.63) is 59.8 Å². The third kappa shape index (κ3) is 4.74. The number of nitrogens with zero attached hydrogens (tertiary/aromatic N) is 2. The van der Waals surface area contributed by atoms with Gasteiger partial charge in [-0.05, 0) is 56.0 Å². The SMILES string of the molecule is Cc1nc2ccccc2nc1NCCc1ccc(S(=O)(=O)NC2CCCC2)cc1. The lowest BCUT2D eigenvalue weighted by molar-refractivity contribution is 0.552. The quantitative estimate of drug-likeness (QED) is 0.619. The number of aromatic nitrogens is 2. The summed E-state index contributed by atoms with van der Waals surface area (Å²) < 4.78 is 27.8. The fourth-order valence-electron chi connectivity index (χ4n) is 3.75. The summed E-state index contributed by atoms with van der Waals surface area (Å²) in [5.41, 5.74) is 3.69. The number of benzene rings is 2. The average Bonchev–Trinajstić information content (AvgIpc) is 3.21. The molecule has 1 aliphatic carbocycles. The molecule has 0 aliphatic heterocycles. The standard InChI is InChI=1S/C22H26N4O2S/c1-16-22(25-21-9-5-4-8-20(21)24-16)23-15-14-17-10-12-19(13-11-17)29(27,28)26-18-6-2-3-7-18/h4-5,8-13,18,26H,2-3,6-7,14-15H2,1H3,(H,23,25). The molecular formula is C22H26N4O2S. The molecule has 4 rings (SSSR count). The summed E-state index contributed by atoms with van der Waals surface area (Å²) in [6.07, 6.45) is 4.82. The van der Waals surface area contributed by atoms with Gasteiger partial charge in [0.15, 0.2) is 0 Å². The molecule has 0 spiro atoms. The van der Waals surface area contributed by atoms with Crippen LogP contribution in [-0.4, -0.2) is 31.0 Å². The van der Waals surface area contributed by atoms with Crippen LogP contribution >= 0.6 is 0 Å².